The van der Waals surface area contributed by atoms with Gasteiger partial charge in [-0.15, -0.1) is 0 Å². The van der Waals surface area contributed by atoms with Crippen molar-refractivity contribution in [3.05, 3.63) is 108 Å². The van der Waals surface area contributed by atoms with Crippen molar-refractivity contribution < 1.29 is 33.0 Å². The molecule has 4 aromatic rings. The van der Waals surface area contributed by atoms with E-state index in [1.807, 2.05) is 13.8 Å². The second-order valence-electron chi connectivity index (χ2n) is 8.17. The predicted molar refractivity (Wildman–Crippen MR) is 148 cm³/mol. The van der Waals surface area contributed by atoms with Crippen LogP contribution in [0.15, 0.2) is 94.6 Å². The Bertz CT molecular complexity index is 1510. The van der Waals surface area contributed by atoms with Gasteiger partial charge in [-0.05, 0) is 74.5 Å². The number of anilines is 1. The normalized spacial score (nSPS) is 10.7. The van der Waals surface area contributed by atoms with E-state index in [2.05, 4.69) is 15.8 Å². The van der Waals surface area contributed by atoms with E-state index in [9.17, 15) is 14.4 Å². The summed E-state index contributed by atoms with van der Waals surface area (Å²) in [6.45, 7) is 4.60. The van der Waals surface area contributed by atoms with Gasteiger partial charge < -0.3 is 23.9 Å². The first-order valence-electron chi connectivity index (χ1n) is 12.5. The Kier molecular flexibility index (Phi) is 9.28. The molecule has 2 N–H and O–H groups in total. The van der Waals surface area contributed by atoms with E-state index in [-0.39, 0.29) is 23.0 Å². The van der Waals surface area contributed by atoms with E-state index in [0.717, 1.165) is 0 Å². The van der Waals surface area contributed by atoms with Crippen molar-refractivity contribution in [2.24, 2.45) is 5.10 Å². The van der Waals surface area contributed by atoms with Gasteiger partial charge in [-0.1, -0.05) is 18.2 Å². The SMILES string of the molecule is CCOc1ccc(C(=O)Nc2cccc(C(=O)NN=Cc3ccccc3OC(=O)c3ccco3)c2)cc1OCC. The van der Waals surface area contributed by atoms with Crippen LogP contribution in [0.4, 0.5) is 5.69 Å². The molecule has 1 heterocycles. The van der Waals surface area contributed by atoms with E-state index < -0.39 is 11.9 Å². The fraction of sp³-hybridized carbons (Fsp3) is 0.133. The first-order chi connectivity index (χ1) is 19.5. The Morgan fingerprint density at radius 2 is 1.57 bits per heavy atom. The molecule has 0 bridgehead atoms. The van der Waals surface area contributed by atoms with Crippen molar-refractivity contribution >= 4 is 29.7 Å². The topological polar surface area (TPSA) is 128 Å². The molecular formula is C30H27N3O7. The van der Waals surface area contributed by atoms with Crippen molar-refractivity contribution in [1.29, 1.82) is 0 Å². The predicted octanol–water partition coefficient (Wildman–Crippen LogP) is 5.31. The van der Waals surface area contributed by atoms with Gasteiger partial charge in [-0.25, -0.2) is 10.2 Å². The van der Waals surface area contributed by atoms with Crippen LogP contribution in [-0.4, -0.2) is 37.2 Å². The quantitative estimate of drug-likeness (QED) is 0.114. The summed E-state index contributed by atoms with van der Waals surface area (Å²) in [4.78, 5) is 37.8. The molecule has 40 heavy (non-hydrogen) atoms. The molecule has 0 saturated carbocycles. The van der Waals surface area contributed by atoms with Gasteiger partial charge in [0, 0.05) is 22.4 Å². The highest BCUT2D eigenvalue weighted by Crippen LogP contribution is 2.29. The molecule has 0 aliphatic carbocycles. The number of carbonyl (C=O) groups is 3. The van der Waals surface area contributed by atoms with Crippen LogP contribution in [0.2, 0.25) is 0 Å². The van der Waals surface area contributed by atoms with E-state index in [1.165, 1.54) is 24.6 Å². The van der Waals surface area contributed by atoms with Crippen LogP contribution in [0.5, 0.6) is 17.2 Å². The second-order valence-corrected chi connectivity index (χ2v) is 8.17. The van der Waals surface area contributed by atoms with E-state index in [1.54, 1.807) is 66.7 Å². The molecule has 0 radical (unpaired) electrons. The molecule has 204 valence electrons. The first kappa shape index (κ1) is 27.6. The zero-order chi connectivity index (χ0) is 28.3. The van der Waals surface area contributed by atoms with Crippen LogP contribution in [0.3, 0.4) is 0 Å². The third kappa shape index (κ3) is 7.13. The molecule has 0 spiro atoms. The summed E-state index contributed by atoms with van der Waals surface area (Å²) in [6.07, 6.45) is 2.73. The molecule has 3 aromatic carbocycles. The standard InChI is InChI=1S/C30H27N3O7/c1-3-37-25-15-14-21(18-27(25)38-4-2)28(34)32-23-11-7-10-20(17-23)29(35)33-31-19-22-9-5-6-12-24(22)40-30(36)26-13-8-16-39-26/h5-19H,3-4H2,1-2H3,(H,32,34)(H,33,35). The van der Waals surface area contributed by atoms with Gasteiger partial charge in [0.25, 0.3) is 11.8 Å². The number of hydrazone groups is 1. The van der Waals surface area contributed by atoms with Gasteiger partial charge in [0.05, 0.1) is 25.7 Å². The molecule has 4 rings (SSSR count). The molecule has 0 aliphatic rings. The van der Waals surface area contributed by atoms with Gasteiger partial charge in [0.1, 0.15) is 5.75 Å². The van der Waals surface area contributed by atoms with Crippen molar-refractivity contribution in [3.8, 4) is 17.2 Å². The lowest BCUT2D eigenvalue weighted by Crippen LogP contribution is -2.18. The number of furan rings is 1. The maximum atomic E-state index is 12.9. The lowest BCUT2D eigenvalue weighted by molar-refractivity contribution is 0.0700. The second kappa shape index (κ2) is 13.4. The number of amides is 2. The molecule has 1 aromatic heterocycles. The number of nitrogens with zero attached hydrogens (tertiary/aromatic N) is 1. The minimum Gasteiger partial charge on any atom is -0.490 e. The van der Waals surface area contributed by atoms with Crippen molar-refractivity contribution in [1.82, 2.24) is 5.43 Å². The summed E-state index contributed by atoms with van der Waals surface area (Å²) in [7, 11) is 0. The van der Waals surface area contributed by atoms with Crippen molar-refractivity contribution in [2.45, 2.75) is 13.8 Å². The van der Waals surface area contributed by atoms with Gasteiger partial charge in [-0.3, -0.25) is 9.59 Å². The number of nitrogens with one attached hydrogen (secondary N) is 2. The number of rotatable bonds is 11. The van der Waals surface area contributed by atoms with Crippen LogP contribution < -0.4 is 25.0 Å². The molecule has 0 unspecified atom stereocenters. The lowest BCUT2D eigenvalue weighted by atomic mass is 10.1. The summed E-state index contributed by atoms with van der Waals surface area (Å²) >= 11 is 0. The van der Waals surface area contributed by atoms with E-state index in [4.69, 9.17) is 18.6 Å². The van der Waals surface area contributed by atoms with Gasteiger partial charge in [-0.2, -0.15) is 5.10 Å². The van der Waals surface area contributed by atoms with Crippen molar-refractivity contribution in [2.75, 3.05) is 18.5 Å². The highest BCUT2D eigenvalue weighted by Gasteiger charge is 2.15. The maximum Gasteiger partial charge on any atom is 0.379 e. The maximum absolute atomic E-state index is 12.9. The summed E-state index contributed by atoms with van der Waals surface area (Å²) in [5, 5.41) is 6.77. The molecule has 0 fully saturated rings. The minimum atomic E-state index is -0.659. The monoisotopic (exact) mass is 541 g/mol. The molecule has 10 heteroatoms. The summed E-state index contributed by atoms with van der Waals surface area (Å²) in [5.74, 6) is -0.207. The molecular weight excluding hydrogens is 514 g/mol. The number of esters is 1. The zero-order valence-electron chi connectivity index (χ0n) is 21.9. The number of para-hydroxylation sites is 1. The van der Waals surface area contributed by atoms with Crippen LogP contribution in [0, 0.1) is 0 Å². The van der Waals surface area contributed by atoms with E-state index >= 15 is 0 Å². The first-order valence-corrected chi connectivity index (χ1v) is 12.5. The molecule has 2 amide bonds. The van der Waals surface area contributed by atoms with Crippen LogP contribution in [-0.2, 0) is 0 Å². The number of hydrogen-bond donors (Lipinski definition) is 2. The third-order valence-corrected chi connectivity index (χ3v) is 5.40. The fourth-order valence-corrected chi connectivity index (χ4v) is 3.58. The van der Waals surface area contributed by atoms with E-state index in [0.29, 0.717) is 41.5 Å². The molecule has 10 nitrogen and oxygen atoms in total. The Balaban J connectivity index is 1.40. The fourth-order valence-electron chi connectivity index (χ4n) is 3.58. The van der Waals surface area contributed by atoms with Gasteiger partial charge in [0.15, 0.2) is 11.5 Å². The number of benzene rings is 3. The Labute approximate surface area is 230 Å². The lowest BCUT2D eigenvalue weighted by Gasteiger charge is -2.12. The molecule has 0 atom stereocenters. The zero-order valence-corrected chi connectivity index (χ0v) is 21.9. The van der Waals surface area contributed by atoms with Crippen molar-refractivity contribution in [3.63, 3.8) is 0 Å². The van der Waals surface area contributed by atoms with Gasteiger partial charge >= 0.3 is 5.97 Å². The molecule has 0 saturated heterocycles. The average Bonchev–Trinajstić information content (AvgIpc) is 3.51. The minimum absolute atomic E-state index is 0.0595. The largest absolute Gasteiger partial charge is 0.490 e. The smallest absolute Gasteiger partial charge is 0.379 e. The highest BCUT2D eigenvalue weighted by atomic mass is 16.5. The molecule has 0 aliphatic heterocycles. The number of ether oxygens (including phenoxy) is 3. The Morgan fingerprint density at radius 3 is 2.35 bits per heavy atom. The number of hydrogen-bond acceptors (Lipinski definition) is 8. The van der Waals surface area contributed by atoms with Crippen LogP contribution >= 0.6 is 0 Å². The Hall–Kier alpha value is -5.38. The Morgan fingerprint density at radius 1 is 0.800 bits per heavy atom. The summed E-state index contributed by atoms with van der Waals surface area (Å²) < 4.78 is 21.6. The third-order valence-electron chi connectivity index (χ3n) is 5.40. The van der Waals surface area contributed by atoms with Gasteiger partial charge in [0.2, 0.25) is 5.76 Å². The highest BCUT2D eigenvalue weighted by molar-refractivity contribution is 6.05. The van der Waals surface area contributed by atoms with Crippen LogP contribution in [0.25, 0.3) is 0 Å². The number of carbonyl (C=O) groups excluding carboxylic acids is 3. The average molecular weight is 542 g/mol. The summed E-state index contributed by atoms with van der Waals surface area (Å²) in [6, 6.07) is 21.1. The summed E-state index contributed by atoms with van der Waals surface area (Å²) in [5.41, 5.74) is 3.96. The van der Waals surface area contributed by atoms with Crippen LogP contribution in [0.1, 0.15) is 50.7 Å².